The fourth-order valence-electron chi connectivity index (χ4n) is 5.79. The number of amides is 3. The van der Waals surface area contributed by atoms with Crippen LogP contribution in [0.2, 0.25) is 0 Å². The van der Waals surface area contributed by atoms with Gasteiger partial charge < -0.3 is 15.1 Å². The molecule has 7 nitrogen and oxygen atoms in total. The van der Waals surface area contributed by atoms with Crippen molar-refractivity contribution in [1.82, 2.24) is 9.80 Å². The highest BCUT2D eigenvalue weighted by Crippen LogP contribution is 2.46. The van der Waals surface area contributed by atoms with Gasteiger partial charge in [0.05, 0.1) is 17.0 Å². The van der Waals surface area contributed by atoms with Gasteiger partial charge in [-0.3, -0.25) is 14.4 Å². The number of halogens is 1. The highest BCUT2D eigenvalue weighted by Gasteiger charge is 2.57. The third kappa shape index (κ3) is 3.57. The first-order valence-corrected chi connectivity index (χ1v) is 12.0. The molecule has 0 saturated carbocycles. The van der Waals surface area contributed by atoms with Crippen LogP contribution < -0.4 is 5.32 Å². The Labute approximate surface area is 203 Å². The number of carbonyl (C=O) groups excluding carboxylic acids is 3. The van der Waals surface area contributed by atoms with Crippen LogP contribution in [0.1, 0.15) is 48.2 Å². The molecule has 3 aliphatic rings. The Hall–Kier alpha value is -3.73. The largest absolute Gasteiger partial charge is 0.326 e. The van der Waals surface area contributed by atoms with Gasteiger partial charge >= 0.3 is 0 Å². The quantitative estimate of drug-likeness (QED) is 0.736. The number of hydrogen-bond acceptors (Lipinski definition) is 4. The maximum atomic E-state index is 14.6. The van der Waals surface area contributed by atoms with Gasteiger partial charge in [0.2, 0.25) is 11.8 Å². The van der Waals surface area contributed by atoms with Crippen molar-refractivity contribution in [2.24, 2.45) is 5.92 Å². The normalized spacial score (nSPS) is 23.8. The summed E-state index contributed by atoms with van der Waals surface area (Å²) in [4.78, 5) is 43.4. The SMILES string of the molecule is CC(C)C[C@@H](C(=O)N1C[C@]2(C[C@H]1C#N)C(=O)Nc1ccccc12)N1CCc2cccc(F)c2C1=O. The summed E-state index contributed by atoms with van der Waals surface area (Å²) in [5.74, 6) is -1.62. The van der Waals surface area contributed by atoms with Crippen LogP contribution in [-0.4, -0.2) is 52.7 Å². The number of carbonyl (C=O) groups is 3. The van der Waals surface area contributed by atoms with Crippen molar-refractivity contribution in [2.75, 3.05) is 18.4 Å². The summed E-state index contributed by atoms with van der Waals surface area (Å²) in [5.41, 5.74) is 1.13. The van der Waals surface area contributed by atoms with Crippen LogP contribution in [0.3, 0.4) is 0 Å². The minimum Gasteiger partial charge on any atom is -0.326 e. The van der Waals surface area contributed by atoms with Crippen LogP contribution in [0.5, 0.6) is 0 Å². The number of likely N-dealkylation sites (tertiary alicyclic amines) is 1. The summed E-state index contributed by atoms with van der Waals surface area (Å²) in [5, 5.41) is 12.8. The van der Waals surface area contributed by atoms with Gasteiger partial charge in [-0.1, -0.05) is 44.2 Å². The molecule has 1 spiro atoms. The molecule has 180 valence electrons. The van der Waals surface area contributed by atoms with Gasteiger partial charge in [-0.2, -0.15) is 5.26 Å². The molecular weight excluding hydrogens is 447 g/mol. The zero-order valence-electron chi connectivity index (χ0n) is 19.8. The topological polar surface area (TPSA) is 93.5 Å². The predicted molar refractivity (Wildman–Crippen MR) is 127 cm³/mol. The Morgan fingerprint density at radius 2 is 2.00 bits per heavy atom. The smallest absolute Gasteiger partial charge is 0.257 e. The highest BCUT2D eigenvalue weighted by atomic mass is 19.1. The van der Waals surface area contributed by atoms with E-state index >= 15 is 0 Å². The summed E-state index contributed by atoms with van der Waals surface area (Å²) in [6.07, 6.45) is 1.01. The van der Waals surface area contributed by atoms with E-state index in [0.717, 1.165) is 5.56 Å². The van der Waals surface area contributed by atoms with E-state index in [1.165, 1.54) is 15.9 Å². The van der Waals surface area contributed by atoms with Crippen molar-refractivity contribution < 1.29 is 18.8 Å². The lowest BCUT2D eigenvalue weighted by molar-refractivity contribution is -0.137. The van der Waals surface area contributed by atoms with Crippen LogP contribution >= 0.6 is 0 Å². The Morgan fingerprint density at radius 3 is 2.74 bits per heavy atom. The molecule has 1 fully saturated rings. The van der Waals surface area contributed by atoms with Crippen LogP contribution in [0.15, 0.2) is 42.5 Å². The Balaban J connectivity index is 1.49. The molecular formula is C27H27FN4O3. The number of anilines is 1. The van der Waals surface area contributed by atoms with E-state index in [9.17, 15) is 24.0 Å². The summed E-state index contributed by atoms with van der Waals surface area (Å²) >= 11 is 0. The van der Waals surface area contributed by atoms with E-state index in [4.69, 9.17) is 0 Å². The maximum absolute atomic E-state index is 14.6. The first-order valence-electron chi connectivity index (χ1n) is 12.0. The van der Waals surface area contributed by atoms with E-state index in [2.05, 4.69) is 11.4 Å². The van der Waals surface area contributed by atoms with Crippen molar-refractivity contribution in [1.29, 1.82) is 5.26 Å². The molecule has 1 N–H and O–H groups in total. The molecule has 5 rings (SSSR count). The van der Waals surface area contributed by atoms with Crippen molar-refractivity contribution >= 4 is 23.4 Å². The van der Waals surface area contributed by atoms with Gasteiger partial charge in [0.25, 0.3) is 5.91 Å². The number of fused-ring (bicyclic) bond motifs is 3. The van der Waals surface area contributed by atoms with Crippen molar-refractivity contribution in [2.45, 2.75) is 50.6 Å². The zero-order chi connectivity index (χ0) is 24.9. The lowest BCUT2D eigenvalue weighted by Crippen LogP contribution is -2.55. The van der Waals surface area contributed by atoms with Crippen molar-refractivity contribution in [3.63, 3.8) is 0 Å². The van der Waals surface area contributed by atoms with Crippen LogP contribution in [0.25, 0.3) is 0 Å². The average Bonchev–Trinajstić information content (AvgIpc) is 3.36. The number of rotatable bonds is 4. The molecule has 2 aromatic rings. The lowest BCUT2D eigenvalue weighted by Gasteiger charge is -2.38. The molecule has 0 aromatic heterocycles. The number of hydrogen-bond donors (Lipinski definition) is 1. The van der Waals surface area contributed by atoms with E-state index in [0.29, 0.717) is 24.1 Å². The number of nitriles is 1. The molecule has 0 bridgehead atoms. The minimum atomic E-state index is -1.00. The predicted octanol–water partition coefficient (Wildman–Crippen LogP) is 3.25. The standard InChI is InChI=1S/C27H27FN4O3/c1-16(2)12-22(31-11-10-17-6-5-8-20(28)23(17)25(31)34)24(33)32-15-27(13-18(32)14-29)19-7-3-4-9-21(19)30-26(27)35/h3-9,16,18,22H,10-13,15H2,1-2H3,(H,30,35)/t18-,22-,27-/m0/s1. The van der Waals surface area contributed by atoms with Gasteiger partial charge in [0.1, 0.15) is 17.9 Å². The van der Waals surface area contributed by atoms with Crippen LogP contribution in [0, 0.1) is 23.1 Å². The lowest BCUT2D eigenvalue weighted by atomic mass is 9.80. The molecule has 3 heterocycles. The van der Waals surface area contributed by atoms with E-state index in [1.807, 2.05) is 38.1 Å². The second-order valence-corrected chi connectivity index (χ2v) is 10.1. The monoisotopic (exact) mass is 474 g/mol. The van der Waals surface area contributed by atoms with E-state index in [1.54, 1.807) is 12.1 Å². The molecule has 0 aliphatic carbocycles. The molecule has 3 atom stereocenters. The zero-order valence-corrected chi connectivity index (χ0v) is 19.8. The average molecular weight is 475 g/mol. The molecule has 35 heavy (non-hydrogen) atoms. The Bertz CT molecular complexity index is 1270. The van der Waals surface area contributed by atoms with E-state index < -0.39 is 29.2 Å². The van der Waals surface area contributed by atoms with E-state index in [-0.39, 0.29) is 42.8 Å². The Morgan fingerprint density at radius 1 is 1.23 bits per heavy atom. The third-order valence-electron chi connectivity index (χ3n) is 7.47. The summed E-state index contributed by atoms with van der Waals surface area (Å²) in [7, 11) is 0. The van der Waals surface area contributed by atoms with Gasteiger partial charge in [0.15, 0.2) is 0 Å². The molecule has 8 heteroatoms. The first kappa shape index (κ1) is 23.0. The fourth-order valence-corrected chi connectivity index (χ4v) is 5.79. The Kier molecular flexibility index (Phi) is 5.59. The first-order chi connectivity index (χ1) is 16.8. The molecule has 3 amide bonds. The number of nitrogens with one attached hydrogen (secondary N) is 1. The number of nitrogens with zero attached hydrogens (tertiary/aromatic N) is 3. The fraction of sp³-hybridized carbons (Fsp3) is 0.407. The maximum Gasteiger partial charge on any atom is 0.257 e. The van der Waals surface area contributed by atoms with Crippen LogP contribution in [-0.2, 0) is 21.4 Å². The van der Waals surface area contributed by atoms with Crippen molar-refractivity contribution in [3.05, 3.63) is 65.0 Å². The molecule has 1 saturated heterocycles. The van der Waals surface area contributed by atoms with Crippen LogP contribution in [0.4, 0.5) is 10.1 Å². The highest BCUT2D eigenvalue weighted by molar-refractivity contribution is 6.07. The summed E-state index contributed by atoms with van der Waals surface area (Å²) in [6.45, 7) is 4.26. The second kappa shape index (κ2) is 8.49. The molecule has 0 radical (unpaired) electrons. The van der Waals surface area contributed by atoms with Gasteiger partial charge in [-0.05, 0) is 42.0 Å². The van der Waals surface area contributed by atoms with Gasteiger partial charge in [-0.25, -0.2) is 4.39 Å². The number of para-hydroxylation sites is 1. The second-order valence-electron chi connectivity index (χ2n) is 10.1. The van der Waals surface area contributed by atoms with Gasteiger partial charge in [0, 0.05) is 25.2 Å². The summed E-state index contributed by atoms with van der Waals surface area (Å²) in [6, 6.07) is 12.5. The third-order valence-corrected chi connectivity index (χ3v) is 7.47. The molecule has 2 aromatic carbocycles. The summed E-state index contributed by atoms with van der Waals surface area (Å²) < 4.78 is 14.6. The molecule has 3 aliphatic heterocycles. The molecule has 0 unspecified atom stereocenters. The number of benzene rings is 2. The van der Waals surface area contributed by atoms with Crippen molar-refractivity contribution in [3.8, 4) is 6.07 Å². The minimum absolute atomic E-state index is 0.0131. The van der Waals surface area contributed by atoms with Gasteiger partial charge in [-0.15, -0.1) is 0 Å².